The Balaban J connectivity index is 1.64. The number of pyridine rings is 1. The summed E-state index contributed by atoms with van der Waals surface area (Å²) in [6, 6.07) is 24.4. The van der Waals surface area contributed by atoms with Gasteiger partial charge in [-0.3, -0.25) is 4.98 Å². The van der Waals surface area contributed by atoms with Crippen LogP contribution >= 0.6 is 0 Å². The molecule has 0 saturated carbocycles. The van der Waals surface area contributed by atoms with Crippen LogP contribution in [0.25, 0.3) is 28.0 Å². The highest BCUT2D eigenvalue weighted by Gasteiger charge is 2.19. The topological polar surface area (TPSA) is 75.3 Å². The van der Waals surface area contributed by atoms with Gasteiger partial charge < -0.3 is 10.4 Å². The van der Waals surface area contributed by atoms with E-state index in [1.54, 1.807) is 26.2 Å². The molecule has 2 N–H and O–H groups in total. The van der Waals surface area contributed by atoms with Crippen molar-refractivity contribution in [2.45, 2.75) is 26.0 Å². The molecular formula is C27H25N5O. The molecule has 0 aliphatic carbocycles. The van der Waals surface area contributed by atoms with Crippen molar-refractivity contribution in [2.75, 3.05) is 5.32 Å². The van der Waals surface area contributed by atoms with E-state index in [0.717, 1.165) is 33.6 Å². The van der Waals surface area contributed by atoms with E-state index in [2.05, 4.69) is 40.6 Å². The molecule has 0 atom stereocenters. The zero-order valence-corrected chi connectivity index (χ0v) is 18.6. The Morgan fingerprint density at radius 2 is 1.64 bits per heavy atom. The number of fused-ring (bicyclic) bond motifs is 1. The van der Waals surface area contributed by atoms with Gasteiger partial charge in [-0.1, -0.05) is 60.7 Å². The lowest BCUT2D eigenvalue weighted by atomic mass is 9.99. The van der Waals surface area contributed by atoms with Crippen molar-refractivity contribution in [3.8, 4) is 22.5 Å². The smallest absolute Gasteiger partial charge is 0.183 e. The largest absolute Gasteiger partial charge is 0.386 e. The molecule has 0 spiro atoms. The summed E-state index contributed by atoms with van der Waals surface area (Å²) in [5.74, 6) is 1.27. The second-order valence-electron chi connectivity index (χ2n) is 8.53. The molecule has 0 fully saturated rings. The Morgan fingerprint density at radius 3 is 2.36 bits per heavy atom. The zero-order valence-electron chi connectivity index (χ0n) is 18.6. The van der Waals surface area contributed by atoms with Crippen molar-refractivity contribution in [1.29, 1.82) is 0 Å². The van der Waals surface area contributed by atoms with Crippen LogP contribution in [0.15, 0.2) is 91.4 Å². The molecule has 0 saturated heterocycles. The van der Waals surface area contributed by atoms with Crippen LogP contribution in [0.3, 0.4) is 0 Å². The quantitative estimate of drug-likeness (QED) is 0.379. The van der Waals surface area contributed by atoms with Crippen LogP contribution in [0.4, 0.5) is 5.82 Å². The van der Waals surface area contributed by atoms with E-state index in [9.17, 15) is 5.11 Å². The van der Waals surface area contributed by atoms with Gasteiger partial charge in [-0.05, 0) is 37.1 Å². The van der Waals surface area contributed by atoms with Gasteiger partial charge in [-0.25, -0.2) is 9.50 Å². The number of aromatic nitrogens is 4. The van der Waals surface area contributed by atoms with Crippen molar-refractivity contribution in [3.05, 3.63) is 103 Å². The number of hydrogen-bond acceptors (Lipinski definition) is 5. The zero-order chi connectivity index (χ0) is 22.8. The second kappa shape index (κ2) is 8.48. The lowest BCUT2D eigenvalue weighted by molar-refractivity contribution is 0.0783. The van der Waals surface area contributed by atoms with Crippen LogP contribution in [0, 0.1) is 0 Å². The van der Waals surface area contributed by atoms with Crippen molar-refractivity contribution in [1.82, 2.24) is 19.6 Å². The lowest BCUT2D eigenvalue weighted by Crippen LogP contribution is -2.16. The van der Waals surface area contributed by atoms with Gasteiger partial charge in [0.2, 0.25) is 0 Å². The molecule has 33 heavy (non-hydrogen) atoms. The molecule has 0 aliphatic rings. The number of nitrogens with one attached hydrogen (secondary N) is 1. The minimum atomic E-state index is -1.00. The summed E-state index contributed by atoms with van der Waals surface area (Å²) in [6.45, 7) is 4.11. The summed E-state index contributed by atoms with van der Waals surface area (Å²) in [6.07, 6.45) is 5.34. The van der Waals surface area contributed by atoms with Crippen molar-refractivity contribution < 1.29 is 5.11 Å². The van der Waals surface area contributed by atoms with Crippen LogP contribution in [0.2, 0.25) is 0 Å². The first-order valence-electron chi connectivity index (χ1n) is 10.9. The summed E-state index contributed by atoms with van der Waals surface area (Å²) in [5, 5.41) is 18.7. The summed E-state index contributed by atoms with van der Waals surface area (Å²) >= 11 is 0. The first kappa shape index (κ1) is 20.8. The Hall–Kier alpha value is -4.03. The third-order valence-corrected chi connectivity index (χ3v) is 5.60. The molecule has 6 heteroatoms. The number of anilines is 1. The van der Waals surface area contributed by atoms with Gasteiger partial charge in [0.05, 0.1) is 5.60 Å². The Kier molecular flexibility index (Phi) is 5.36. The second-order valence-corrected chi connectivity index (χ2v) is 8.53. The average Bonchev–Trinajstić information content (AvgIpc) is 3.28. The van der Waals surface area contributed by atoms with Crippen LogP contribution in [-0.2, 0) is 12.1 Å². The van der Waals surface area contributed by atoms with E-state index in [0.29, 0.717) is 17.9 Å². The predicted molar refractivity (Wildman–Crippen MR) is 131 cm³/mol. The predicted octanol–water partition coefficient (Wildman–Crippen LogP) is 5.30. The maximum Gasteiger partial charge on any atom is 0.183 e. The molecule has 2 aromatic carbocycles. The normalized spacial score (nSPS) is 11.6. The molecular weight excluding hydrogens is 410 g/mol. The van der Waals surface area contributed by atoms with Crippen molar-refractivity contribution in [3.63, 3.8) is 0 Å². The summed E-state index contributed by atoms with van der Waals surface area (Å²) in [4.78, 5) is 9.22. The molecule has 0 aliphatic heterocycles. The van der Waals surface area contributed by atoms with Gasteiger partial charge in [0.1, 0.15) is 5.52 Å². The number of rotatable bonds is 6. The van der Waals surface area contributed by atoms with Gasteiger partial charge in [-0.15, -0.1) is 5.10 Å². The van der Waals surface area contributed by atoms with Crippen LogP contribution in [0.1, 0.15) is 25.0 Å². The van der Waals surface area contributed by atoms with E-state index in [1.807, 2.05) is 53.2 Å². The molecule has 3 heterocycles. The molecule has 164 valence electrons. The van der Waals surface area contributed by atoms with Gasteiger partial charge in [0.25, 0.3) is 0 Å². The minimum absolute atomic E-state index is 0.534. The maximum atomic E-state index is 10.4. The number of hydrogen-bond donors (Lipinski definition) is 2. The molecule has 0 amide bonds. The van der Waals surface area contributed by atoms with Crippen LogP contribution in [-0.4, -0.2) is 24.7 Å². The first-order valence-corrected chi connectivity index (χ1v) is 10.9. The first-order chi connectivity index (χ1) is 16.0. The lowest BCUT2D eigenvalue weighted by Gasteiger charge is -2.18. The van der Waals surface area contributed by atoms with Crippen molar-refractivity contribution >= 4 is 11.3 Å². The average molecular weight is 436 g/mol. The fourth-order valence-electron chi connectivity index (χ4n) is 3.80. The molecule has 0 radical (unpaired) electrons. The van der Waals surface area contributed by atoms with Crippen LogP contribution in [0.5, 0.6) is 0 Å². The summed E-state index contributed by atoms with van der Waals surface area (Å²) in [5.41, 5.74) is 4.68. The molecule has 6 nitrogen and oxygen atoms in total. The van der Waals surface area contributed by atoms with Crippen molar-refractivity contribution in [2.24, 2.45) is 0 Å². The fraction of sp³-hybridized carbons (Fsp3) is 0.148. The van der Waals surface area contributed by atoms with E-state index >= 15 is 0 Å². The molecule has 5 rings (SSSR count). The maximum absolute atomic E-state index is 10.4. The van der Waals surface area contributed by atoms with Gasteiger partial charge in [0, 0.05) is 41.8 Å². The molecule has 5 aromatic rings. The Bertz CT molecular complexity index is 1390. The van der Waals surface area contributed by atoms with Gasteiger partial charge in [-0.2, -0.15) is 0 Å². The summed E-state index contributed by atoms with van der Waals surface area (Å²) < 4.78 is 1.86. The molecule has 0 unspecified atom stereocenters. The third kappa shape index (κ3) is 4.33. The van der Waals surface area contributed by atoms with Gasteiger partial charge >= 0.3 is 0 Å². The van der Waals surface area contributed by atoms with E-state index in [1.165, 1.54) is 0 Å². The minimum Gasteiger partial charge on any atom is -0.386 e. The van der Waals surface area contributed by atoms with E-state index in [4.69, 9.17) is 10.1 Å². The standard InChI is InChI=1S/C27H25N5O/c1-27(2,33)22-15-21(17-28-18-22)25-30-26(29-16-19-9-5-3-6-10-19)24-23(13-14-32(24)31-25)20-11-7-4-8-12-20/h3-15,17-18,33H,16H2,1-2H3,(H,29,30,31). The Labute approximate surface area is 192 Å². The highest BCUT2D eigenvalue weighted by Crippen LogP contribution is 2.32. The third-order valence-electron chi connectivity index (χ3n) is 5.60. The fourth-order valence-corrected chi connectivity index (χ4v) is 3.80. The van der Waals surface area contributed by atoms with Crippen LogP contribution < -0.4 is 5.32 Å². The van der Waals surface area contributed by atoms with E-state index in [-0.39, 0.29) is 0 Å². The monoisotopic (exact) mass is 435 g/mol. The van der Waals surface area contributed by atoms with Gasteiger partial charge in [0.15, 0.2) is 11.6 Å². The number of benzene rings is 2. The van der Waals surface area contributed by atoms with E-state index < -0.39 is 5.60 Å². The number of nitrogens with zero attached hydrogens (tertiary/aromatic N) is 4. The molecule has 3 aromatic heterocycles. The highest BCUT2D eigenvalue weighted by molar-refractivity contribution is 5.89. The Morgan fingerprint density at radius 1 is 0.909 bits per heavy atom. The highest BCUT2D eigenvalue weighted by atomic mass is 16.3. The molecule has 0 bridgehead atoms. The SMILES string of the molecule is CC(C)(O)c1cncc(-c2nc(NCc3ccccc3)c3c(-c4ccccc4)ccn3n2)c1. The summed E-state index contributed by atoms with van der Waals surface area (Å²) in [7, 11) is 0. The number of aliphatic hydroxyl groups is 1.